The molecule has 16 nitrogen and oxygen atoms in total. The standard InChI is InChI=1S/C39H25N3O.C21H12ClN3O.C18H15BO2.C12H9BO3.C9H5Cl2N3.BH4/c1-4-12-26(13-5-1)30-22-31(27-14-6-2-7-15-27)24-32(23-30)39-41-37(28-16-8-3-9-17-28)40-38(42-39)29-20-21-34-33-18-10-11-19-35(33)43-36(34)25-29;22-21-24-19(13-6-2-1-3-7-13)23-20(25-21)14-10-11-16-15-8-4-5-9-17(15)26-18(16)12-14;20-19(21)18-12-16(14-7-3-1-4-8-14)11-17(13-18)15-9-5-2-6-10-15;14-13(15)8-5-6-10-9-3-1-2-4-11(9)16-12(10)7-8;10-8-12-7(13-9(11)14-8)6-4-2-1-3-5-6;/h1-25H;1-12H;1-13,20-21H;1-7,14-15H;1-5H;1H4/q;;;;;-1. The minimum Gasteiger partial charge on any atom is -0.456 e. The first-order valence-electron chi connectivity index (χ1n) is 38.2. The number of nitrogens with zero attached hydrogens (tertiary/aromatic N) is 9. The number of benzene rings is 15. The summed E-state index contributed by atoms with van der Waals surface area (Å²) in [6.07, 6.45) is 0. The maximum atomic E-state index is 9.52. The molecule has 4 N–H and O–H groups in total. The zero-order valence-electron chi connectivity index (χ0n) is 63.6. The molecule has 121 heavy (non-hydrogen) atoms. The van der Waals surface area contributed by atoms with Crippen LogP contribution in [-0.4, -0.2) is 87.6 Å². The third-order valence-electron chi connectivity index (χ3n) is 19.8. The highest BCUT2D eigenvalue weighted by Gasteiger charge is 2.21. The molecule has 0 amide bonds. The maximum Gasteiger partial charge on any atom is 0.488 e. The van der Waals surface area contributed by atoms with Gasteiger partial charge in [-0.1, -0.05) is 312 Å². The van der Waals surface area contributed by atoms with Crippen LogP contribution in [0.3, 0.4) is 0 Å². The minimum absolute atomic E-state index is 0. The zero-order chi connectivity index (χ0) is 81.8. The van der Waals surface area contributed by atoms with Gasteiger partial charge in [-0.3, -0.25) is 0 Å². The Balaban J connectivity index is 0.000000120. The highest BCUT2D eigenvalue weighted by molar-refractivity contribution is 6.59. The molecular weight excluding hydrogens is 1570 g/mol. The van der Waals surface area contributed by atoms with Gasteiger partial charge in [0, 0.05) is 65.7 Å². The van der Waals surface area contributed by atoms with E-state index in [1.807, 2.05) is 273 Å². The van der Waals surface area contributed by atoms with Gasteiger partial charge in [-0.2, -0.15) is 24.9 Å². The predicted molar refractivity (Wildman–Crippen MR) is 495 cm³/mol. The van der Waals surface area contributed by atoms with Crippen LogP contribution in [-0.2, 0) is 0 Å². The summed E-state index contributed by atoms with van der Waals surface area (Å²) >= 11 is 17.5. The molecule has 21 rings (SSSR count). The fourth-order valence-electron chi connectivity index (χ4n) is 14.0. The Morgan fingerprint density at radius 3 is 0.769 bits per heavy atom. The molecule has 0 aliphatic heterocycles. The average Bonchev–Trinajstić information content (AvgIpc) is 1.61. The molecule has 584 valence electrons. The van der Waals surface area contributed by atoms with E-state index in [1.54, 1.807) is 12.1 Å². The number of aromatic nitrogens is 9. The monoisotopic (exact) mass is 1630 g/mol. The van der Waals surface area contributed by atoms with E-state index in [0.717, 1.165) is 138 Å². The first kappa shape index (κ1) is 80.4. The molecule has 0 saturated carbocycles. The van der Waals surface area contributed by atoms with Crippen LogP contribution in [0.15, 0.2) is 389 Å². The van der Waals surface area contributed by atoms with Crippen molar-refractivity contribution in [1.82, 2.24) is 44.9 Å². The molecule has 6 aromatic heterocycles. The van der Waals surface area contributed by atoms with Gasteiger partial charge in [0.15, 0.2) is 34.9 Å². The highest BCUT2D eigenvalue weighted by Crippen LogP contribution is 2.38. The molecule has 0 spiro atoms. The Bertz CT molecular complexity index is 7040. The number of fused-ring (bicyclic) bond motifs is 9. The van der Waals surface area contributed by atoms with E-state index in [1.165, 1.54) is 0 Å². The van der Waals surface area contributed by atoms with Gasteiger partial charge in [-0.05, 0) is 163 Å². The van der Waals surface area contributed by atoms with Crippen LogP contribution in [0, 0.1) is 0 Å². The lowest BCUT2D eigenvalue weighted by Crippen LogP contribution is -2.29. The molecule has 0 fully saturated rings. The summed E-state index contributed by atoms with van der Waals surface area (Å²) < 4.78 is 17.8. The van der Waals surface area contributed by atoms with Crippen molar-refractivity contribution in [3.05, 3.63) is 392 Å². The Morgan fingerprint density at radius 2 is 0.421 bits per heavy atom. The number of rotatable bonds is 12. The quantitative estimate of drug-likeness (QED) is 0.0832. The second-order valence-corrected chi connectivity index (χ2v) is 28.7. The largest absolute Gasteiger partial charge is 0.488 e. The average molecular weight is 1640 g/mol. The first-order valence-corrected chi connectivity index (χ1v) is 39.3. The van der Waals surface area contributed by atoms with E-state index in [-0.39, 0.29) is 24.3 Å². The summed E-state index contributed by atoms with van der Waals surface area (Å²) in [5.74, 6) is 3.38. The van der Waals surface area contributed by atoms with Gasteiger partial charge >= 0.3 is 14.2 Å². The summed E-state index contributed by atoms with van der Waals surface area (Å²) in [6.45, 7) is 0. The number of halogens is 3. The molecule has 0 unspecified atom stereocenters. The smallest absolute Gasteiger partial charge is 0.456 e. The number of hydrogen-bond donors (Lipinski definition) is 4. The lowest BCUT2D eigenvalue weighted by atomic mass is 9.77. The molecule has 6 heterocycles. The van der Waals surface area contributed by atoms with E-state index in [9.17, 15) is 10.0 Å². The third kappa shape index (κ3) is 18.8. The van der Waals surface area contributed by atoms with Crippen molar-refractivity contribution in [3.63, 3.8) is 0 Å². The van der Waals surface area contributed by atoms with Gasteiger partial charge in [-0.25, -0.2) is 19.9 Å². The molecule has 0 radical (unpaired) electrons. The molecule has 0 atom stereocenters. The lowest BCUT2D eigenvalue weighted by Gasteiger charge is -2.12. The third-order valence-corrected chi connectivity index (χ3v) is 20.3. The summed E-state index contributed by atoms with van der Waals surface area (Å²) in [7, 11) is -2.94. The molecular formula is C99H70B3Cl3N9O7-. The number of para-hydroxylation sites is 3. The second-order valence-electron chi connectivity index (χ2n) is 27.7. The Kier molecular flexibility index (Phi) is 24.6. The van der Waals surface area contributed by atoms with Crippen LogP contribution < -0.4 is 10.9 Å². The second kappa shape index (κ2) is 37.1. The minimum atomic E-state index is -1.48. The molecule has 21 aromatic rings. The SMILES string of the molecule is Clc1nc(-c2ccccc2)nc(-c2ccc3c(c2)oc2ccccc23)n1.Clc1nc(Cl)nc(-c2ccccc2)n1.OB(O)c1cc(-c2ccccc2)cc(-c2ccccc2)c1.OB(O)c1ccc2c(c1)oc1ccccc12.[BH4-].c1ccc(-c2cc(-c3ccccc3)cc(-c3nc(-c4ccccc4)nc(-c4ccc5c(c4)oc4ccccc45)n3)c2)cc1. The van der Waals surface area contributed by atoms with E-state index in [4.69, 9.17) is 73.1 Å². The van der Waals surface area contributed by atoms with Crippen molar-refractivity contribution < 1.29 is 33.3 Å². The van der Waals surface area contributed by atoms with E-state index in [2.05, 4.69) is 121 Å². The van der Waals surface area contributed by atoms with Crippen molar-refractivity contribution in [1.29, 1.82) is 0 Å². The topological polar surface area (TPSA) is 236 Å². The Morgan fingerprint density at radius 1 is 0.182 bits per heavy atom. The van der Waals surface area contributed by atoms with Gasteiger partial charge < -0.3 is 33.3 Å². The van der Waals surface area contributed by atoms with Crippen molar-refractivity contribution in [2.45, 2.75) is 0 Å². The number of hydrogen-bond acceptors (Lipinski definition) is 16. The van der Waals surface area contributed by atoms with Gasteiger partial charge in [0.1, 0.15) is 33.5 Å². The van der Waals surface area contributed by atoms with E-state index in [0.29, 0.717) is 51.5 Å². The Labute approximate surface area is 712 Å². The molecule has 0 bridgehead atoms. The first-order chi connectivity index (χ1) is 58.8. The lowest BCUT2D eigenvalue weighted by molar-refractivity contribution is 0.424. The van der Waals surface area contributed by atoms with Crippen LogP contribution in [0.2, 0.25) is 15.9 Å². The summed E-state index contributed by atoms with van der Waals surface area (Å²) in [5, 5.41) is 43.9. The normalized spacial score (nSPS) is 10.9. The van der Waals surface area contributed by atoms with Crippen molar-refractivity contribution in [3.8, 4) is 113 Å². The van der Waals surface area contributed by atoms with Gasteiger partial charge in [-0.15, -0.1) is 0 Å². The van der Waals surface area contributed by atoms with E-state index >= 15 is 0 Å². The summed E-state index contributed by atoms with van der Waals surface area (Å²) in [5.41, 5.74) is 19.6. The van der Waals surface area contributed by atoms with Crippen molar-refractivity contribution >= 4 is 134 Å². The molecule has 0 aliphatic carbocycles. The van der Waals surface area contributed by atoms with Crippen LogP contribution in [0.5, 0.6) is 0 Å². The van der Waals surface area contributed by atoms with Gasteiger partial charge in [0.2, 0.25) is 15.9 Å². The highest BCUT2D eigenvalue weighted by atomic mass is 35.5. The van der Waals surface area contributed by atoms with Crippen LogP contribution in [0.25, 0.3) is 179 Å². The molecule has 0 saturated heterocycles. The fourth-order valence-corrected chi connectivity index (χ4v) is 14.5. The summed E-state index contributed by atoms with van der Waals surface area (Å²) in [6, 6.07) is 123. The van der Waals surface area contributed by atoms with E-state index < -0.39 is 14.2 Å². The molecule has 22 heteroatoms. The fraction of sp³-hybridized carbons (Fsp3) is 0. The zero-order valence-corrected chi connectivity index (χ0v) is 65.9. The van der Waals surface area contributed by atoms with Crippen molar-refractivity contribution in [2.24, 2.45) is 0 Å². The van der Waals surface area contributed by atoms with Crippen LogP contribution >= 0.6 is 34.8 Å². The van der Waals surface area contributed by atoms with Gasteiger partial charge in [0.25, 0.3) is 0 Å². The van der Waals surface area contributed by atoms with Crippen LogP contribution in [0.1, 0.15) is 0 Å². The summed E-state index contributed by atoms with van der Waals surface area (Å²) in [4.78, 5) is 39.8. The predicted octanol–water partition coefficient (Wildman–Crippen LogP) is 21.2. The Hall–Kier alpha value is -14.4. The number of furan rings is 3. The van der Waals surface area contributed by atoms with Crippen LogP contribution in [0.4, 0.5) is 0 Å². The van der Waals surface area contributed by atoms with Crippen molar-refractivity contribution in [2.75, 3.05) is 0 Å². The van der Waals surface area contributed by atoms with Gasteiger partial charge in [0.05, 0.1) is 0 Å². The maximum absolute atomic E-state index is 9.52. The molecule has 0 aliphatic rings. The molecule has 15 aromatic carbocycles.